The number of hydrogen-bond donors (Lipinski definition) is 1. The van der Waals surface area contributed by atoms with Gasteiger partial charge in [0.15, 0.2) is 0 Å². The lowest BCUT2D eigenvalue weighted by Crippen LogP contribution is -2.33. The van der Waals surface area contributed by atoms with Gasteiger partial charge in [0.05, 0.1) is 0 Å². The molecule has 1 aromatic rings. The van der Waals surface area contributed by atoms with Gasteiger partial charge in [0.25, 0.3) is 0 Å². The molecule has 1 heterocycles. The van der Waals surface area contributed by atoms with Crippen molar-refractivity contribution in [3.8, 4) is 0 Å². The van der Waals surface area contributed by atoms with Gasteiger partial charge in [-0.15, -0.1) is 0 Å². The smallest absolute Gasteiger partial charge is 0.225 e. The second-order valence-electron chi connectivity index (χ2n) is 5.67. The molecule has 0 saturated heterocycles. The summed E-state index contributed by atoms with van der Waals surface area (Å²) in [6.07, 6.45) is 7.36. The van der Waals surface area contributed by atoms with Crippen molar-refractivity contribution in [3.05, 3.63) is 30.1 Å². The monoisotopic (exact) mass is 277 g/mol. The minimum Gasteiger partial charge on any atom is -0.345 e. The molecule has 1 rings (SSSR count). The molecule has 0 radical (unpaired) electrons. The molecular weight excluding hydrogens is 250 g/mol. The molecule has 2 N–H and O–H groups in total. The maximum atomic E-state index is 12.2. The van der Waals surface area contributed by atoms with Gasteiger partial charge in [-0.25, -0.2) is 0 Å². The van der Waals surface area contributed by atoms with Gasteiger partial charge in [-0.05, 0) is 43.9 Å². The standard InChI is InChI=1S/C16H27N3O/c1-13(5-4-6-14(2)17)16(20)19(3)12-9-15-7-10-18-11-8-15/h7-8,10-11,13-14H,4-6,9,12,17H2,1-3H3. The van der Waals surface area contributed by atoms with Crippen LogP contribution in [0.5, 0.6) is 0 Å². The van der Waals surface area contributed by atoms with E-state index in [1.807, 2.05) is 37.9 Å². The summed E-state index contributed by atoms with van der Waals surface area (Å²) in [5.74, 6) is 0.305. The number of carbonyl (C=O) groups is 1. The van der Waals surface area contributed by atoms with Crippen LogP contribution >= 0.6 is 0 Å². The molecule has 112 valence electrons. The number of aromatic nitrogens is 1. The van der Waals surface area contributed by atoms with E-state index < -0.39 is 0 Å². The highest BCUT2D eigenvalue weighted by atomic mass is 16.2. The van der Waals surface area contributed by atoms with Gasteiger partial charge >= 0.3 is 0 Å². The number of likely N-dealkylation sites (N-methyl/N-ethyl adjacent to an activating group) is 1. The van der Waals surface area contributed by atoms with Crippen LogP contribution in [0.15, 0.2) is 24.5 Å². The summed E-state index contributed by atoms with van der Waals surface area (Å²) in [5, 5.41) is 0. The van der Waals surface area contributed by atoms with Gasteiger partial charge in [0.1, 0.15) is 0 Å². The molecule has 0 aromatic carbocycles. The second kappa shape index (κ2) is 8.69. The number of pyridine rings is 1. The average Bonchev–Trinajstić information content (AvgIpc) is 2.44. The molecule has 20 heavy (non-hydrogen) atoms. The van der Waals surface area contributed by atoms with Crippen LogP contribution in [0.25, 0.3) is 0 Å². The van der Waals surface area contributed by atoms with Crippen molar-refractivity contribution in [1.82, 2.24) is 9.88 Å². The number of nitrogens with two attached hydrogens (primary N) is 1. The highest BCUT2D eigenvalue weighted by molar-refractivity contribution is 5.78. The fourth-order valence-corrected chi connectivity index (χ4v) is 2.20. The Hall–Kier alpha value is -1.42. The summed E-state index contributed by atoms with van der Waals surface area (Å²) in [7, 11) is 1.88. The molecule has 0 aliphatic heterocycles. The molecule has 0 bridgehead atoms. The maximum absolute atomic E-state index is 12.2. The Morgan fingerprint density at radius 1 is 1.30 bits per heavy atom. The van der Waals surface area contributed by atoms with Gasteiger partial charge in [-0.1, -0.05) is 13.3 Å². The molecule has 0 spiro atoms. The van der Waals surface area contributed by atoms with Gasteiger partial charge in [0, 0.05) is 37.9 Å². The third-order valence-corrected chi connectivity index (χ3v) is 3.58. The van der Waals surface area contributed by atoms with Crippen molar-refractivity contribution in [1.29, 1.82) is 0 Å². The highest BCUT2D eigenvalue weighted by Gasteiger charge is 2.17. The fourth-order valence-electron chi connectivity index (χ4n) is 2.20. The van der Waals surface area contributed by atoms with Crippen LogP contribution in [0.1, 0.15) is 38.7 Å². The van der Waals surface area contributed by atoms with E-state index in [9.17, 15) is 4.79 Å². The number of nitrogens with zero attached hydrogens (tertiary/aromatic N) is 2. The molecule has 2 atom stereocenters. The van der Waals surface area contributed by atoms with Crippen LogP contribution in [-0.4, -0.2) is 35.4 Å². The van der Waals surface area contributed by atoms with E-state index in [0.717, 1.165) is 32.2 Å². The molecular formula is C16H27N3O. The van der Waals surface area contributed by atoms with Crippen LogP contribution in [0.3, 0.4) is 0 Å². The normalized spacial score (nSPS) is 13.8. The Labute approximate surface area is 122 Å². The lowest BCUT2D eigenvalue weighted by Gasteiger charge is -2.21. The van der Waals surface area contributed by atoms with Crippen molar-refractivity contribution < 1.29 is 4.79 Å². The number of rotatable bonds is 8. The summed E-state index contributed by atoms with van der Waals surface area (Å²) in [4.78, 5) is 18.0. The first kappa shape index (κ1) is 16.6. The number of hydrogen-bond acceptors (Lipinski definition) is 3. The highest BCUT2D eigenvalue weighted by Crippen LogP contribution is 2.12. The number of amides is 1. The predicted molar refractivity (Wildman–Crippen MR) is 82.2 cm³/mol. The van der Waals surface area contributed by atoms with Crippen molar-refractivity contribution in [2.24, 2.45) is 11.7 Å². The SMILES string of the molecule is CC(N)CCCC(C)C(=O)N(C)CCc1ccncc1. The zero-order valence-electron chi connectivity index (χ0n) is 12.9. The van der Waals surface area contributed by atoms with Crippen LogP contribution < -0.4 is 5.73 Å². The largest absolute Gasteiger partial charge is 0.345 e. The van der Waals surface area contributed by atoms with Crippen LogP contribution in [-0.2, 0) is 11.2 Å². The van der Waals surface area contributed by atoms with E-state index in [-0.39, 0.29) is 17.9 Å². The molecule has 1 aromatic heterocycles. The first-order valence-corrected chi connectivity index (χ1v) is 7.40. The Bertz CT molecular complexity index is 392. The first-order chi connectivity index (χ1) is 9.50. The molecule has 0 saturated carbocycles. The van der Waals surface area contributed by atoms with Crippen molar-refractivity contribution in [2.45, 2.75) is 45.6 Å². The summed E-state index contributed by atoms with van der Waals surface area (Å²) < 4.78 is 0. The van der Waals surface area contributed by atoms with Gasteiger partial charge < -0.3 is 10.6 Å². The van der Waals surface area contributed by atoms with E-state index in [0.29, 0.717) is 0 Å². The quantitative estimate of drug-likeness (QED) is 0.792. The Morgan fingerprint density at radius 3 is 2.55 bits per heavy atom. The summed E-state index contributed by atoms with van der Waals surface area (Å²) in [6.45, 7) is 4.76. The van der Waals surface area contributed by atoms with E-state index in [4.69, 9.17) is 5.73 Å². The third-order valence-electron chi connectivity index (χ3n) is 3.58. The topological polar surface area (TPSA) is 59.2 Å². The minimum atomic E-state index is 0.0798. The zero-order valence-corrected chi connectivity index (χ0v) is 12.9. The van der Waals surface area contributed by atoms with Gasteiger partial charge in [-0.3, -0.25) is 9.78 Å². The average molecular weight is 277 g/mol. The molecule has 0 aliphatic rings. The lowest BCUT2D eigenvalue weighted by molar-refractivity contribution is -0.133. The minimum absolute atomic E-state index is 0.0798. The number of carbonyl (C=O) groups excluding carboxylic acids is 1. The molecule has 4 nitrogen and oxygen atoms in total. The molecule has 0 aliphatic carbocycles. The van der Waals surface area contributed by atoms with Crippen molar-refractivity contribution >= 4 is 5.91 Å². The van der Waals surface area contributed by atoms with Crippen LogP contribution in [0, 0.1) is 5.92 Å². The van der Waals surface area contributed by atoms with E-state index >= 15 is 0 Å². The van der Waals surface area contributed by atoms with Crippen LogP contribution in [0.2, 0.25) is 0 Å². The second-order valence-corrected chi connectivity index (χ2v) is 5.67. The molecule has 0 fully saturated rings. The van der Waals surface area contributed by atoms with Gasteiger partial charge in [-0.2, -0.15) is 0 Å². The maximum Gasteiger partial charge on any atom is 0.225 e. The van der Waals surface area contributed by atoms with E-state index in [1.54, 1.807) is 12.4 Å². The summed E-state index contributed by atoms with van der Waals surface area (Å²) >= 11 is 0. The first-order valence-electron chi connectivity index (χ1n) is 7.40. The third kappa shape index (κ3) is 6.15. The van der Waals surface area contributed by atoms with Crippen molar-refractivity contribution in [3.63, 3.8) is 0 Å². The zero-order chi connectivity index (χ0) is 15.0. The Balaban J connectivity index is 2.31. The van der Waals surface area contributed by atoms with E-state index in [2.05, 4.69) is 4.98 Å². The van der Waals surface area contributed by atoms with Crippen LogP contribution in [0.4, 0.5) is 0 Å². The van der Waals surface area contributed by atoms with E-state index in [1.165, 1.54) is 5.56 Å². The van der Waals surface area contributed by atoms with Crippen molar-refractivity contribution in [2.75, 3.05) is 13.6 Å². The molecule has 4 heteroatoms. The summed E-state index contributed by atoms with van der Waals surface area (Å²) in [6, 6.07) is 4.20. The summed E-state index contributed by atoms with van der Waals surface area (Å²) in [5.41, 5.74) is 6.94. The van der Waals surface area contributed by atoms with Gasteiger partial charge in [0.2, 0.25) is 5.91 Å². The predicted octanol–water partition coefficient (Wildman–Crippen LogP) is 2.24. The lowest BCUT2D eigenvalue weighted by atomic mass is 10.0. The molecule has 1 amide bonds. The fraction of sp³-hybridized carbons (Fsp3) is 0.625. The molecule has 2 unspecified atom stereocenters. The Morgan fingerprint density at radius 2 is 1.95 bits per heavy atom. The Kier molecular flexibility index (Phi) is 7.23.